The van der Waals surface area contributed by atoms with Gasteiger partial charge in [0.25, 0.3) is 0 Å². The summed E-state index contributed by atoms with van der Waals surface area (Å²) in [6.07, 6.45) is 1.81. The fourth-order valence-electron chi connectivity index (χ4n) is 1.41. The highest BCUT2D eigenvalue weighted by molar-refractivity contribution is 8.49. The largest absolute Gasteiger partial charge is 0.322 e. The maximum absolute atomic E-state index is 11.0. The van der Waals surface area contributed by atoms with E-state index in [2.05, 4.69) is 32.6 Å². The molecule has 0 rings (SSSR count). The van der Waals surface area contributed by atoms with Gasteiger partial charge in [-0.15, -0.1) is 0 Å². The summed E-state index contributed by atoms with van der Waals surface area (Å²) in [5.41, 5.74) is 0. The van der Waals surface area contributed by atoms with Crippen LogP contribution in [0.1, 0.15) is 27.7 Å². The SMILES string of the molecule is CS[PH](=O)OCCN(C(C)C)C(C)C. The lowest BCUT2D eigenvalue weighted by Crippen LogP contribution is -2.39. The van der Waals surface area contributed by atoms with E-state index in [0.29, 0.717) is 18.7 Å². The monoisotopic (exact) mass is 239 g/mol. The fraction of sp³-hybridized carbons (Fsp3) is 1.00. The first-order valence-corrected chi connectivity index (χ1v) is 8.22. The van der Waals surface area contributed by atoms with Gasteiger partial charge in [0, 0.05) is 18.6 Å². The third kappa shape index (κ3) is 6.07. The van der Waals surface area contributed by atoms with Crippen molar-refractivity contribution in [3.05, 3.63) is 0 Å². The zero-order chi connectivity index (χ0) is 11.1. The Labute approximate surface area is 92.2 Å². The highest BCUT2D eigenvalue weighted by Crippen LogP contribution is 2.35. The van der Waals surface area contributed by atoms with Crippen LogP contribution in [0.2, 0.25) is 0 Å². The number of hydrogen-bond donors (Lipinski definition) is 0. The van der Waals surface area contributed by atoms with Crippen LogP contribution in [0.4, 0.5) is 0 Å². The second kappa shape index (κ2) is 7.75. The summed E-state index contributed by atoms with van der Waals surface area (Å²) in [6.45, 7) is 10.1. The van der Waals surface area contributed by atoms with Gasteiger partial charge in [-0.05, 0) is 34.0 Å². The fourth-order valence-corrected chi connectivity index (χ4v) is 2.39. The van der Waals surface area contributed by atoms with Crippen LogP contribution in [0.15, 0.2) is 0 Å². The zero-order valence-corrected chi connectivity index (χ0v) is 11.6. The van der Waals surface area contributed by atoms with Gasteiger partial charge >= 0.3 is 0 Å². The van der Waals surface area contributed by atoms with Crippen molar-refractivity contribution < 1.29 is 9.09 Å². The quantitative estimate of drug-likeness (QED) is 0.639. The topological polar surface area (TPSA) is 29.5 Å². The summed E-state index contributed by atoms with van der Waals surface area (Å²) in [7, 11) is -1.84. The smallest absolute Gasteiger partial charge is 0.246 e. The van der Waals surface area contributed by atoms with Gasteiger partial charge in [0.2, 0.25) is 7.23 Å². The first kappa shape index (κ1) is 14.5. The van der Waals surface area contributed by atoms with Crippen molar-refractivity contribution in [3.63, 3.8) is 0 Å². The molecular formula is C9H22NO2PS. The Morgan fingerprint density at radius 3 is 2.14 bits per heavy atom. The minimum atomic E-state index is -1.84. The summed E-state index contributed by atoms with van der Waals surface area (Å²) in [4.78, 5) is 2.33. The van der Waals surface area contributed by atoms with E-state index in [1.807, 2.05) is 6.26 Å². The molecule has 0 heterocycles. The van der Waals surface area contributed by atoms with Gasteiger partial charge in [0.15, 0.2) is 0 Å². The lowest BCUT2D eigenvalue weighted by Gasteiger charge is -2.30. The molecule has 1 atom stereocenters. The maximum atomic E-state index is 11.0. The van der Waals surface area contributed by atoms with Crippen LogP contribution in [-0.4, -0.2) is 36.4 Å². The highest BCUT2D eigenvalue weighted by Gasteiger charge is 2.12. The molecule has 0 aromatic carbocycles. The molecule has 1 unspecified atom stereocenters. The second-order valence-corrected chi connectivity index (χ2v) is 7.15. The zero-order valence-electron chi connectivity index (χ0n) is 9.74. The van der Waals surface area contributed by atoms with E-state index in [9.17, 15) is 4.57 Å². The molecule has 0 saturated heterocycles. The Morgan fingerprint density at radius 2 is 1.79 bits per heavy atom. The van der Waals surface area contributed by atoms with Crippen molar-refractivity contribution in [2.45, 2.75) is 39.8 Å². The van der Waals surface area contributed by atoms with E-state index in [0.717, 1.165) is 6.54 Å². The number of rotatable bonds is 7. The van der Waals surface area contributed by atoms with Crippen molar-refractivity contribution in [1.29, 1.82) is 0 Å². The molecule has 0 radical (unpaired) electrons. The van der Waals surface area contributed by atoms with Gasteiger partial charge < -0.3 is 4.52 Å². The predicted octanol–water partition coefficient (Wildman–Crippen LogP) is 2.87. The lowest BCUT2D eigenvalue weighted by atomic mass is 10.2. The van der Waals surface area contributed by atoms with Crippen LogP contribution < -0.4 is 0 Å². The van der Waals surface area contributed by atoms with E-state index in [1.54, 1.807) is 0 Å². The van der Waals surface area contributed by atoms with Gasteiger partial charge in [-0.1, -0.05) is 11.4 Å². The average Bonchev–Trinajstić information content (AvgIpc) is 2.10. The molecule has 0 aliphatic heterocycles. The Bertz CT molecular complexity index is 168. The summed E-state index contributed by atoms with van der Waals surface area (Å²) in [5.74, 6) is 0. The molecule has 5 heteroatoms. The van der Waals surface area contributed by atoms with Gasteiger partial charge in [-0.25, -0.2) is 0 Å². The molecule has 0 aromatic heterocycles. The molecule has 3 nitrogen and oxygen atoms in total. The molecule has 0 bridgehead atoms. The second-order valence-electron chi connectivity index (χ2n) is 3.73. The van der Waals surface area contributed by atoms with E-state index in [-0.39, 0.29) is 0 Å². The van der Waals surface area contributed by atoms with Crippen molar-refractivity contribution in [2.24, 2.45) is 0 Å². The van der Waals surface area contributed by atoms with Crippen molar-refractivity contribution >= 4 is 18.6 Å². The normalized spacial score (nSPS) is 14.3. The first-order valence-electron chi connectivity index (χ1n) is 4.95. The molecule has 86 valence electrons. The molecule has 0 saturated carbocycles. The summed E-state index contributed by atoms with van der Waals surface area (Å²) < 4.78 is 16.2. The van der Waals surface area contributed by atoms with E-state index in [1.165, 1.54) is 11.4 Å². The predicted molar refractivity (Wildman–Crippen MR) is 65.4 cm³/mol. The molecule has 0 aromatic rings. The van der Waals surface area contributed by atoms with Gasteiger partial charge in [-0.3, -0.25) is 9.46 Å². The molecule has 0 aliphatic rings. The average molecular weight is 239 g/mol. The Morgan fingerprint density at radius 1 is 1.29 bits per heavy atom. The third-order valence-electron chi connectivity index (χ3n) is 2.06. The number of hydrogen-bond acceptors (Lipinski definition) is 4. The Balaban J connectivity index is 3.78. The van der Waals surface area contributed by atoms with Crippen LogP contribution in [-0.2, 0) is 9.09 Å². The van der Waals surface area contributed by atoms with Crippen LogP contribution in [0.3, 0.4) is 0 Å². The minimum Gasteiger partial charge on any atom is -0.322 e. The lowest BCUT2D eigenvalue weighted by molar-refractivity contribution is 0.146. The van der Waals surface area contributed by atoms with Crippen LogP contribution >= 0.6 is 18.6 Å². The minimum absolute atomic E-state index is 0.509. The number of nitrogens with zero attached hydrogens (tertiary/aromatic N) is 1. The standard InChI is InChI=1S/C9H22NO2PS/c1-8(2)10(9(3)4)6-7-12-13(11)14-5/h8-9,13H,6-7H2,1-5H3. The van der Waals surface area contributed by atoms with E-state index in [4.69, 9.17) is 4.52 Å². The first-order chi connectivity index (χ1) is 6.49. The third-order valence-corrected chi connectivity index (χ3v) is 4.19. The highest BCUT2D eigenvalue weighted by atomic mass is 32.7. The van der Waals surface area contributed by atoms with Crippen molar-refractivity contribution in [3.8, 4) is 0 Å². The van der Waals surface area contributed by atoms with E-state index < -0.39 is 7.23 Å². The summed E-state index contributed by atoms with van der Waals surface area (Å²) in [6, 6.07) is 1.02. The molecule has 14 heavy (non-hydrogen) atoms. The molecule has 0 amide bonds. The molecule has 0 N–H and O–H groups in total. The van der Waals surface area contributed by atoms with Gasteiger partial charge in [-0.2, -0.15) is 0 Å². The molecular weight excluding hydrogens is 217 g/mol. The summed E-state index contributed by atoms with van der Waals surface area (Å²) >= 11 is 1.30. The summed E-state index contributed by atoms with van der Waals surface area (Å²) in [5, 5.41) is 0. The van der Waals surface area contributed by atoms with Crippen molar-refractivity contribution in [2.75, 3.05) is 19.4 Å². The van der Waals surface area contributed by atoms with Crippen LogP contribution in [0.25, 0.3) is 0 Å². The van der Waals surface area contributed by atoms with Crippen LogP contribution in [0.5, 0.6) is 0 Å². The van der Waals surface area contributed by atoms with Crippen molar-refractivity contribution in [1.82, 2.24) is 4.90 Å². The molecule has 0 aliphatic carbocycles. The van der Waals surface area contributed by atoms with E-state index >= 15 is 0 Å². The van der Waals surface area contributed by atoms with Gasteiger partial charge in [0.1, 0.15) is 0 Å². The van der Waals surface area contributed by atoms with Crippen LogP contribution in [0, 0.1) is 0 Å². The molecule has 0 spiro atoms. The Kier molecular flexibility index (Phi) is 8.02. The Hall–Kier alpha value is 0.500. The van der Waals surface area contributed by atoms with Gasteiger partial charge in [0.05, 0.1) is 6.61 Å². The maximum Gasteiger partial charge on any atom is 0.246 e. The molecule has 0 fully saturated rings.